The Kier molecular flexibility index (Phi) is 7.45. The van der Waals surface area contributed by atoms with Crippen LogP contribution in [0.3, 0.4) is 0 Å². The van der Waals surface area contributed by atoms with E-state index in [4.69, 9.17) is 39.9 Å². The average molecular weight is 372 g/mol. The lowest BCUT2D eigenvalue weighted by Crippen LogP contribution is -2.43. The fraction of sp³-hybridized carbons (Fsp3) is 0.333. The van der Waals surface area contributed by atoms with Crippen LogP contribution in [0.1, 0.15) is 6.42 Å². The van der Waals surface area contributed by atoms with Crippen molar-refractivity contribution in [1.29, 1.82) is 0 Å². The number of nitrogens with one attached hydrogen (secondary N) is 2. The number of carboxylic acid groups (broad SMARTS) is 1. The summed E-state index contributed by atoms with van der Waals surface area (Å²) in [6.45, 7) is 0. The summed E-state index contributed by atoms with van der Waals surface area (Å²) in [4.78, 5) is 22.9. The van der Waals surface area contributed by atoms with E-state index < -0.39 is 18.0 Å². The molecule has 3 N–H and O–H groups in total. The number of carbonyl (C=O) groups excluding carboxylic acids is 1. The molecule has 1 atom stereocenters. The molecule has 0 heterocycles. The molecule has 0 aromatic heterocycles. The number of amides is 2. The van der Waals surface area contributed by atoms with Gasteiger partial charge in [0.25, 0.3) is 0 Å². The molecule has 2 amide bonds. The van der Waals surface area contributed by atoms with Crippen molar-refractivity contribution < 1.29 is 14.7 Å². The van der Waals surface area contributed by atoms with Crippen molar-refractivity contribution in [3.05, 3.63) is 27.2 Å². The molecule has 21 heavy (non-hydrogen) atoms. The second kappa shape index (κ2) is 8.58. The van der Waals surface area contributed by atoms with Gasteiger partial charge in [0, 0.05) is 0 Å². The summed E-state index contributed by atoms with van der Waals surface area (Å²) in [5.74, 6) is -0.482. The summed E-state index contributed by atoms with van der Waals surface area (Å²) >= 11 is 19.0. The third kappa shape index (κ3) is 5.82. The zero-order chi connectivity index (χ0) is 16.0. The molecule has 0 saturated carbocycles. The summed E-state index contributed by atoms with van der Waals surface area (Å²) in [5.41, 5.74) is 0.248. The lowest BCUT2D eigenvalue weighted by molar-refractivity contribution is -0.139. The van der Waals surface area contributed by atoms with Crippen molar-refractivity contribution in [2.45, 2.75) is 12.5 Å². The lowest BCUT2D eigenvalue weighted by Gasteiger charge is -2.15. The van der Waals surface area contributed by atoms with Crippen molar-refractivity contribution >= 4 is 64.3 Å². The first-order chi connectivity index (χ1) is 9.85. The second-order valence-corrected chi connectivity index (χ2v) is 6.22. The van der Waals surface area contributed by atoms with Crippen LogP contribution in [0, 0.1) is 0 Å². The number of anilines is 1. The number of hydrogen-bond acceptors (Lipinski definition) is 3. The van der Waals surface area contributed by atoms with Gasteiger partial charge in [-0.05, 0) is 30.6 Å². The summed E-state index contributed by atoms with van der Waals surface area (Å²) in [6, 6.07) is 1.13. The van der Waals surface area contributed by atoms with E-state index in [0.29, 0.717) is 12.2 Å². The minimum Gasteiger partial charge on any atom is -0.480 e. The van der Waals surface area contributed by atoms with Gasteiger partial charge in [0.2, 0.25) is 0 Å². The molecular formula is C12H13Cl3N2O3S. The first-order valence-corrected chi connectivity index (χ1v) is 8.31. The lowest BCUT2D eigenvalue weighted by atomic mass is 10.2. The molecule has 0 aliphatic rings. The van der Waals surface area contributed by atoms with Crippen molar-refractivity contribution in [2.24, 2.45) is 0 Å². The largest absolute Gasteiger partial charge is 0.480 e. The summed E-state index contributed by atoms with van der Waals surface area (Å²) in [5, 5.41) is 14.5. The van der Waals surface area contributed by atoms with Crippen molar-refractivity contribution in [1.82, 2.24) is 5.32 Å². The Morgan fingerprint density at radius 3 is 2.43 bits per heavy atom. The van der Waals surface area contributed by atoms with Gasteiger partial charge in [-0.3, -0.25) is 0 Å². The highest BCUT2D eigenvalue weighted by molar-refractivity contribution is 7.98. The Hall–Kier alpha value is -0.820. The number of hydrogen-bond donors (Lipinski definition) is 3. The Morgan fingerprint density at radius 1 is 1.24 bits per heavy atom. The first-order valence-electron chi connectivity index (χ1n) is 5.79. The zero-order valence-electron chi connectivity index (χ0n) is 11.0. The first kappa shape index (κ1) is 18.2. The minimum atomic E-state index is -1.10. The number of carbonyl (C=O) groups is 2. The van der Waals surface area contributed by atoms with Gasteiger partial charge in [-0.2, -0.15) is 11.8 Å². The Bertz CT molecular complexity index is 543. The van der Waals surface area contributed by atoms with Gasteiger partial charge >= 0.3 is 12.0 Å². The second-order valence-electron chi connectivity index (χ2n) is 4.02. The van der Waals surface area contributed by atoms with Crippen LogP contribution in [0.15, 0.2) is 12.1 Å². The maximum Gasteiger partial charge on any atom is 0.326 e. The van der Waals surface area contributed by atoms with Crippen LogP contribution < -0.4 is 10.6 Å². The zero-order valence-corrected chi connectivity index (χ0v) is 14.0. The number of urea groups is 1. The van der Waals surface area contributed by atoms with E-state index in [9.17, 15) is 9.59 Å². The van der Waals surface area contributed by atoms with Crippen LogP contribution in [0.4, 0.5) is 10.5 Å². The maximum absolute atomic E-state index is 11.8. The van der Waals surface area contributed by atoms with Gasteiger partial charge in [-0.1, -0.05) is 34.8 Å². The molecule has 1 aromatic carbocycles. The summed E-state index contributed by atoms with van der Waals surface area (Å²) in [7, 11) is 0. The van der Waals surface area contributed by atoms with Crippen LogP contribution >= 0.6 is 46.6 Å². The maximum atomic E-state index is 11.8. The predicted octanol–water partition coefficient (Wildman–Crippen LogP) is 3.97. The third-order valence-electron chi connectivity index (χ3n) is 2.47. The topological polar surface area (TPSA) is 78.4 Å². The monoisotopic (exact) mass is 370 g/mol. The number of halogens is 3. The van der Waals surface area contributed by atoms with Crippen LogP contribution in [0.25, 0.3) is 0 Å². The van der Waals surface area contributed by atoms with E-state index in [2.05, 4.69) is 10.6 Å². The van der Waals surface area contributed by atoms with Gasteiger partial charge in [-0.25, -0.2) is 9.59 Å². The highest BCUT2D eigenvalue weighted by Crippen LogP contribution is 2.32. The number of rotatable bonds is 6. The third-order valence-corrected chi connectivity index (χ3v) is 4.15. The highest BCUT2D eigenvalue weighted by atomic mass is 35.5. The minimum absolute atomic E-state index is 0.204. The van der Waals surface area contributed by atoms with Crippen LogP contribution in [-0.2, 0) is 4.79 Å². The Balaban J connectivity index is 2.72. The molecule has 0 unspecified atom stereocenters. The number of benzene rings is 1. The fourth-order valence-electron chi connectivity index (χ4n) is 1.43. The molecule has 5 nitrogen and oxygen atoms in total. The number of carboxylic acids is 1. The molecular weight excluding hydrogens is 359 g/mol. The van der Waals surface area contributed by atoms with Gasteiger partial charge in [-0.15, -0.1) is 0 Å². The molecule has 0 radical (unpaired) electrons. The molecule has 1 aromatic rings. The predicted molar refractivity (Wildman–Crippen MR) is 88.0 cm³/mol. The summed E-state index contributed by atoms with van der Waals surface area (Å²) in [6.07, 6.45) is 2.17. The fourth-order valence-corrected chi connectivity index (χ4v) is 2.49. The van der Waals surface area contributed by atoms with E-state index >= 15 is 0 Å². The normalized spacial score (nSPS) is 11.8. The molecule has 0 bridgehead atoms. The number of aliphatic carboxylic acids is 1. The van der Waals surface area contributed by atoms with E-state index in [1.54, 1.807) is 0 Å². The van der Waals surface area contributed by atoms with Gasteiger partial charge in [0.05, 0.1) is 20.8 Å². The van der Waals surface area contributed by atoms with E-state index in [-0.39, 0.29) is 20.8 Å². The molecule has 0 aliphatic carbocycles. The van der Waals surface area contributed by atoms with Crippen molar-refractivity contribution in [2.75, 3.05) is 17.3 Å². The van der Waals surface area contributed by atoms with Gasteiger partial charge < -0.3 is 15.7 Å². The van der Waals surface area contributed by atoms with Crippen LogP contribution in [0.5, 0.6) is 0 Å². The highest BCUT2D eigenvalue weighted by Gasteiger charge is 2.20. The van der Waals surface area contributed by atoms with Crippen LogP contribution in [-0.4, -0.2) is 35.2 Å². The summed E-state index contributed by atoms with van der Waals surface area (Å²) < 4.78 is 0. The SMILES string of the molecule is CSCC[C@@H](NC(=O)Nc1cc(Cl)c(Cl)cc1Cl)C(=O)O. The molecule has 0 fully saturated rings. The quantitative estimate of drug-likeness (QED) is 0.661. The van der Waals surface area contributed by atoms with E-state index in [1.807, 2.05) is 6.26 Å². The van der Waals surface area contributed by atoms with Gasteiger partial charge in [0.1, 0.15) is 6.04 Å². The molecule has 0 spiro atoms. The smallest absolute Gasteiger partial charge is 0.326 e. The standard InChI is InChI=1S/C12H13Cl3N2O3S/c1-21-3-2-9(11(18)19)16-12(20)17-10-5-7(14)6(13)4-8(10)15/h4-5,9H,2-3H2,1H3,(H,18,19)(H2,16,17,20)/t9-/m1/s1. The number of thioether (sulfide) groups is 1. The molecule has 1 rings (SSSR count). The van der Waals surface area contributed by atoms with E-state index in [1.165, 1.54) is 23.9 Å². The Morgan fingerprint density at radius 2 is 1.86 bits per heavy atom. The van der Waals surface area contributed by atoms with Crippen LogP contribution in [0.2, 0.25) is 15.1 Å². The molecule has 0 aliphatic heterocycles. The Labute approximate surface area is 141 Å². The van der Waals surface area contributed by atoms with Gasteiger partial charge in [0.15, 0.2) is 0 Å². The van der Waals surface area contributed by atoms with Crippen molar-refractivity contribution in [3.8, 4) is 0 Å². The van der Waals surface area contributed by atoms with E-state index in [0.717, 1.165) is 0 Å². The average Bonchev–Trinajstić information content (AvgIpc) is 2.40. The molecule has 9 heteroatoms. The molecule has 116 valence electrons. The molecule has 0 saturated heterocycles. The van der Waals surface area contributed by atoms with Crippen molar-refractivity contribution in [3.63, 3.8) is 0 Å².